The molecule has 6 heteroatoms. The maximum atomic E-state index is 13.0. The molecule has 2 heterocycles. The van der Waals surface area contributed by atoms with E-state index in [1.54, 1.807) is 0 Å². The minimum absolute atomic E-state index is 0.0471. The van der Waals surface area contributed by atoms with Gasteiger partial charge in [0.05, 0.1) is 28.4 Å². The van der Waals surface area contributed by atoms with Gasteiger partial charge in [-0.3, -0.25) is 9.69 Å². The number of rotatable bonds is 7. The zero-order chi connectivity index (χ0) is 20.9. The summed E-state index contributed by atoms with van der Waals surface area (Å²) in [4.78, 5) is 21.8. The van der Waals surface area contributed by atoms with Crippen molar-refractivity contribution in [1.82, 2.24) is 14.8 Å². The molecule has 1 aliphatic heterocycles. The Balaban J connectivity index is 1.44. The maximum absolute atomic E-state index is 13.0. The molecule has 1 N–H and O–H groups in total. The number of hydrogen-bond acceptors (Lipinski definition) is 5. The van der Waals surface area contributed by atoms with E-state index in [9.17, 15) is 9.90 Å². The predicted octanol–water partition coefficient (Wildman–Crippen LogP) is 3.59. The predicted molar refractivity (Wildman–Crippen MR) is 121 cm³/mol. The van der Waals surface area contributed by atoms with Crippen LogP contribution in [0.1, 0.15) is 18.0 Å². The number of carbonyl (C=O) groups excluding carboxylic acids is 1. The normalized spacial score (nSPS) is 17.9. The van der Waals surface area contributed by atoms with Crippen LogP contribution < -0.4 is 0 Å². The van der Waals surface area contributed by atoms with E-state index >= 15 is 0 Å². The number of hydrogen-bond donors (Lipinski definition) is 1. The molecule has 5 nitrogen and oxygen atoms in total. The monoisotopic (exact) mass is 421 g/mol. The molecular formula is C24H27N3O2S. The van der Waals surface area contributed by atoms with Crippen molar-refractivity contribution < 1.29 is 9.90 Å². The van der Waals surface area contributed by atoms with E-state index in [2.05, 4.69) is 22.0 Å². The third-order valence-corrected chi connectivity index (χ3v) is 6.55. The Bertz CT molecular complexity index is 998. The first kappa shape index (κ1) is 20.8. The van der Waals surface area contributed by atoms with Crippen LogP contribution in [0.3, 0.4) is 0 Å². The van der Waals surface area contributed by atoms with Crippen LogP contribution in [0.4, 0.5) is 0 Å². The first-order valence-electron chi connectivity index (χ1n) is 10.3. The van der Waals surface area contributed by atoms with Crippen LogP contribution >= 0.6 is 11.8 Å². The minimum Gasteiger partial charge on any atom is -0.392 e. The molecule has 0 aliphatic carbocycles. The summed E-state index contributed by atoms with van der Waals surface area (Å²) >= 11 is 1.47. The SMILES string of the molecule is CN(C(=O)CSc1ccc2ccccc2n1)C(CN1CC[C@H](O)C1)c1ccccc1. The molecule has 1 saturated heterocycles. The molecule has 2 atom stereocenters. The van der Waals surface area contributed by atoms with Crippen molar-refractivity contribution in [3.05, 3.63) is 72.3 Å². The molecule has 1 fully saturated rings. The summed E-state index contributed by atoms with van der Waals surface area (Å²) in [6.45, 7) is 2.26. The van der Waals surface area contributed by atoms with Crippen LogP contribution in [0.15, 0.2) is 71.8 Å². The number of likely N-dealkylation sites (tertiary alicyclic amines) is 1. The van der Waals surface area contributed by atoms with Crippen molar-refractivity contribution in [2.45, 2.75) is 23.6 Å². The molecule has 1 aromatic heterocycles. The Labute approximate surface area is 181 Å². The van der Waals surface area contributed by atoms with E-state index in [0.717, 1.165) is 41.0 Å². The second-order valence-electron chi connectivity index (χ2n) is 7.76. The highest BCUT2D eigenvalue weighted by molar-refractivity contribution is 7.99. The smallest absolute Gasteiger partial charge is 0.233 e. The fraction of sp³-hybridized carbons (Fsp3) is 0.333. The van der Waals surface area contributed by atoms with Gasteiger partial charge in [-0.2, -0.15) is 0 Å². The van der Waals surface area contributed by atoms with Gasteiger partial charge < -0.3 is 10.0 Å². The molecule has 2 aromatic carbocycles. The zero-order valence-electron chi connectivity index (χ0n) is 17.1. The van der Waals surface area contributed by atoms with Gasteiger partial charge in [-0.1, -0.05) is 66.4 Å². The maximum Gasteiger partial charge on any atom is 0.233 e. The molecule has 30 heavy (non-hydrogen) atoms. The second kappa shape index (κ2) is 9.60. The Morgan fingerprint density at radius 3 is 2.70 bits per heavy atom. The van der Waals surface area contributed by atoms with Crippen molar-refractivity contribution in [2.24, 2.45) is 0 Å². The minimum atomic E-state index is -0.267. The third-order valence-electron chi connectivity index (χ3n) is 5.64. The fourth-order valence-corrected chi connectivity index (χ4v) is 4.69. The Hall–Kier alpha value is -2.41. The number of fused-ring (bicyclic) bond motifs is 1. The van der Waals surface area contributed by atoms with Gasteiger partial charge in [-0.25, -0.2) is 4.98 Å². The first-order chi connectivity index (χ1) is 14.6. The van der Waals surface area contributed by atoms with Gasteiger partial charge >= 0.3 is 0 Å². The lowest BCUT2D eigenvalue weighted by Crippen LogP contribution is -2.39. The molecule has 3 aromatic rings. The van der Waals surface area contributed by atoms with Crippen LogP contribution in [-0.2, 0) is 4.79 Å². The highest BCUT2D eigenvalue weighted by atomic mass is 32.2. The summed E-state index contributed by atoms with van der Waals surface area (Å²) in [5.74, 6) is 0.414. The number of carbonyl (C=O) groups is 1. The van der Waals surface area contributed by atoms with Crippen LogP contribution in [0.2, 0.25) is 0 Å². The van der Waals surface area contributed by atoms with Gasteiger partial charge in [0.2, 0.25) is 5.91 Å². The quantitative estimate of drug-likeness (QED) is 0.591. The largest absolute Gasteiger partial charge is 0.392 e. The number of aliphatic hydroxyl groups excluding tert-OH is 1. The van der Waals surface area contributed by atoms with Crippen molar-refractivity contribution in [1.29, 1.82) is 0 Å². The van der Waals surface area contributed by atoms with Crippen molar-refractivity contribution in [3.8, 4) is 0 Å². The number of nitrogens with zero attached hydrogens (tertiary/aromatic N) is 3. The first-order valence-corrected chi connectivity index (χ1v) is 11.3. The van der Waals surface area contributed by atoms with Crippen LogP contribution in [0.25, 0.3) is 10.9 Å². The molecule has 0 saturated carbocycles. The summed E-state index contributed by atoms with van der Waals surface area (Å²) in [5.41, 5.74) is 2.06. The van der Waals surface area contributed by atoms with Gasteiger partial charge in [0.25, 0.3) is 0 Å². The zero-order valence-corrected chi connectivity index (χ0v) is 18.0. The van der Waals surface area contributed by atoms with Crippen molar-refractivity contribution in [3.63, 3.8) is 0 Å². The summed E-state index contributed by atoms with van der Waals surface area (Å²) in [6.07, 6.45) is 0.528. The lowest BCUT2D eigenvalue weighted by molar-refractivity contribution is -0.129. The number of pyridine rings is 1. The lowest BCUT2D eigenvalue weighted by atomic mass is 10.1. The van der Waals surface area contributed by atoms with E-state index in [4.69, 9.17) is 0 Å². The van der Waals surface area contributed by atoms with Crippen LogP contribution in [0.5, 0.6) is 0 Å². The number of β-amino-alcohol motifs (C(OH)–C–C–N with tert-alkyl or cyclic N) is 1. The molecule has 156 valence electrons. The highest BCUT2D eigenvalue weighted by Crippen LogP contribution is 2.25. The molecule has 0 bridgehead atoms. The average molecular weight is 422 g/mol. The molecule has 1 aliphatic rings. The van der Waals surface area contributed by atoms with Gasteiger partial charge in [-0.15, -0.1) is 0 Å². The molecule has 4 rings (SSSR count). The summed E-state index contributed by atoms with van der Waals surface area (Å²) < 4.78 is 0. The summed E-state index contributed by atoms with van der Waals surface area (Å²) in [7, 11) is 1.88. The van der Waals surface area contributed by atoms with Gasteiger partial charge in [-0.05, 0) is 24.1 Å². The molecular weight excluding hydrogens is 394 g/mol. The number of para-hydroxylation sites is 1. The van der Waals surface area contributed by atoms with E-state index in [-0.39, 0.29) is 18.1 Å². The van der Waals surface area contributed by atoms with Gasteiger partial charge in [0.15, 0.2) is 0 Å². The summed E-state index contributed by atoms with van der Waals surface area (Å²) in [6, 6.07) is 22.1. The van der Waals surface area contributed by atoms with E-state index < -0.39 is 0 Å². The molecule has 1 unspecified atom stereocenters. The Morgan fingerprint density at radius 1 is 1.17 bits per heavy atom. The average Bonchev–Trinajstić information content (AvgIpc) is 3.20. The van der Waals surface area contributed by atoms with Crippen LogP contribution in [0, 0.1) is 0 Å². The Morgan fingerprint density at radius 2 is 1.93 bits per heavy atom. The Kier molecular flexibility index (Phi) is 6.67. The lowest BCUT2D eigenvalue weighted by Gasteiger charge is -2.32. The highest BCUT2D eigenvalue weighted by Gasteiger charge is 2.28. The molecule has 0 spiro atoms. The van der Waals surface area contributed by atoms with E-state index in [1.165, 1.54) is 11.8 Å². The number of likely N-dealkylation sites (N-methyl/N-ethyl adjacent to an activating group) is 1. The van der Waals surface area contributed by atoms with E-state index in [0.29, 0.717) is 12.3 Å². The number of thioether (sulfide) groups is 1. The number of aromatic nitrogens is 1. The number of benzene rings is 2. The second-order valence-corrected chi connectivity index (χ2v) is 8.76. The van der Waals surface area contributed by atoms with E-state index in [1.807, 2.05) is 66.5 Å². The topological polar surface area (TPSA) is 56.7 Å². The van der Waals surface area contributed by atoms with Gasteiger partial charge in [0.1, 0.15) is 0 Å². The number of aliphatic hydroxyl groups is 1. The standard InChI is InChI=1S/C24H27N3O2S/c1-26(22(19-8-3-2-4-9-19)16-27-14-13-20(28)15-27)24(29)17-30-23-12-11-18-7-5-6-10-21(18)25-23/h2-12,20,22,28H,13-17H2,1H3/t20-,22?/m0/s1. The van der Waals surface area contributed by atoms with Crippen LogP contribution in [-0.4, -0.2) is 64.3 Å². The van der Waals surface area contributed by atoms with Crippen molar-refractivity contribution in [2.75, 3.05) is 32.4 Å². The molecule has 1 amide bonds. The number of amides is 1. The third kappa shape index (κ3) is 5.01. The fourth-order valence-electron chi connectivity index (χ4n) is 3.89. The van der Waals surface area contributed by atoms with Gasteiger partial charge in [0, 0.05) is 32.1 Å². The summed E-state index contributed by atoms with van der Waals surface area (Å²) in [5, 5.41) is 11.8. The molecule has 0 radical (unpaired) electrons. The van der Waals surface area contributed by atoms with Crippen molar-refractivity contribution >= 4 is 28.6 Å².